The molecule has 1 fully saturated rings. The second-order valence-corrected chi connectivity index (χ2v) is 5.47. The molecule has 0 aromatic carbocycles. The maximum Gasteiger partial charge on any atom is 0.283 e. The van der Waals surface area contributed by atoms with Crippen LogP contribution in [0.4, 0.5) is 0 Å². The van der Waals surface area contributed by atoms with Crippen LogP contribution in [-0.4, -0.2) is 37.5 Å². The van der Waals surface area contributed by atoms with Crippen LogP contribution in [-0.2, 0) is 13.1 Å². The standard InChI is InChI=1S/C15H17N5O2/c1-4-12(10-20-8-3-6-16-20)19(7-1)11-14-17-18-15(22-14)13-5-2-9-21-13/h2-3,5-6,8-9,12H,1,4,7,10-11H2/t12-/m1/s1. The molecule has 4 heterocycles. The van der Waals surface area contributed by atoms with Crippen LogP contribution in [0.15, 0.2) is 45.7 Å². The summed E-state index contributed by atoms with van der Waals surface area (Å²) in [5, 5.41) is 12.5. The SMILES string of the molecule is c1coc(-c2nnc(CN3CCC[C@@H]3Cn3cccn3)o2)c1. The molecule has 0 amide bonds. The van der Waals surface area contributed by atoms with Gasteiger partial charge in [0.1, 0.15) is 0 Å². The third kappa shape index (κ3) is 2.67. The number of nitrogens with zero attached hydrogens (tertiary/aromatic N) is 5. The van der Waals surface area contributed by atoms with E-state index in [1.54, 1.807) is 12.3 Å². The Kier molecular flexibility index (Phi) is 3.48. The third-order valence-electron chi connectivity index (χ3n) is 3.99. The zero-order chi connectivity index (χ0) is 14.8. The van der Waals surface area contributed by atoms with Crippen molar-refractivity contribution in [2.24, 2.45) is 0 Å². The lowest BCUT2D eigenvalue weighted by Crippen LogP contribution is -2.32. The molecule has 0 unspecified atom stereocenters. The fourth-order valence-corrected chi connectivity index (χ4v) is 2.93. The Labute approximate surface area is 127 Å². The molecule has 0 bridgehead atoms. The van der Waals surface area contributed by atoms with Crippen molar-refractivity contribution in [3.63, 3.8) is 0 Å². The molecule has 1 aliphatic heterocycles. The first-order chi connectivity index (χ1) is 10.9. The summed E-state index contributed by atoms with van der Waals surface area (Å²) in [6, 6.07) is 6.03. The van der Waals surface area contributed by atoms with E-state index in [1.165, 1.54) is 12.8 Å². The van der Waals surface area contributed by atoms with Crippen LogP contribution in [0.5, 0.6) is 0 Å². The first-order valence-corrected chi connectivity index (χ1v) is 7.46. The second kappa shape index (κ2) is 5.76. The van der Waals surface area contributed by atoms with E-state index >= 15 is 0 Å². The van der Waals surface area contributed by atoms with Gasteiger partial charge in [-0.3, -0.25) is 9.58 Å². The van der Waals surface area contributed by atoms with E-state index < -0.39 is 0 Å². The van der Waals surface area contributed by atoms with Crippen molar-refractivity contribution in [2.45, 2.75) is 32.0 Å². The number of furan rings is 1. The van der Waals surface area contributed by atoms with Gasteiger partial charge < -0.3 is 8.83 Å². The van der Waals surface area contributed by atoms with E-state index in [4.69, 9.17) is 8.83 Å². The number of aromatic nitrogens is 4. The van der Waals surface area contributed by atoms with Crippen molar-refractivity contribution in [1.29, 1.82) is 0 Å². The lowest BCUT2D eigenvalue weighted by molar-refractivity contribution is 0.200. The molecule has 3 aromatic rings. The van der Waals surface area contributed by atoms with Crippen molar-refractivity contribution in [2.75, 3.05) is 6.54 Å². The van der Waals surface area contributed by atoms with Crippen molar-refractivity contribution in [1.82, 2.24) is 24.9 Å². The van der Waals surface area contributed by atoms with Crippen LogP contribution in [0, 0.1) is 0 Å². The van der Waals surface area contributed by atoms with Crippen molar-refractivity contribution in [3.8, 4) is 11.7 Å². The van der Waals surface area contributed by atoms with E-state index in [2.05, 4.69) is 20.2 Å². The highest BCUT2D eigenvalue weighted by Gasteiger charge is 2.26. The number of hydrogen-bond acceptors (Lipinski definition) is 6. The van der Waals surface area contributed by atoms with E-state index in [1.807, 2.05) is 29.2 Å². The predicted molar refractivity (Wildman–Crippen MR) is 77.7 cm³/mol. The molecule has 1 aliphatic rings. The van der Waals surface area contributed by atoms with E-state index in [9.17, 15) is 0 Å². The minimum absolute atomic E-state index is 0.433. The summed E-state index contributed by atoms with van der Waals surface area (Å²) in [6.07, 6.45) is 7.76. The van der Waals surface area contributed by atoms with Gasteiger partial charge in [0.05, 0.1) is 19.4 Å². The monoisotopic (exact) mass is 299 g/mol. The summed E-state index contributed by atoms with van der Waals surface area (Å²) in [4.78, 5) is 2.38. The quantitative estimate of drug-likeness (QED) is 0.719. The zero-order valence-corrected chi connectivity index (χ0v) is 12.1. The van der Waals surface area contributed by atoms with Gasteiger partial charge in [0, 0.05) is 18.4 Å². The predicted octanol–water partition coefficient (Wildman–Crippen LogP) is 2.19. The van der Waals surface area contributed by atoms with Gasteiger partial charge >= 0.3 is 0 Å². The molecule has 22 heavy (non-hydrogen) atoms. The third-order valence-corrected chi connectivity index (χ3v) is 3.99. The van der Waals surface area contributed by atoms with Gasteiger partial charge in [-0.2, -0.15) is 5.10 Å². The summed E-state index contributed by atoms with van der Waals surface area (Å²) >= 11 is 0. The highest BCUT2D eigenvalue weighted by Crippen LogP contribution is 2.23. The van der Waals surface area contributed by atoms with Crippen LogP contribution >= 0.6 is 0 Å². The Morgan fingerprint density at radius 2 is 2.27 bits per heavy atom. The maximum atomic E-state index is 5.69. The Balaban J connectivity index is 1.44. The molecule has 4 rings (SSSR count). The van der Waals surface area contributed by atoms with Gasteiger partial charge in [-0.15, -0.1) is 10.2 Å². The summed E-state index contributed by atoms with van der Waals surface area (Å²) in [6.45, 7) is 2.61. The van der Waals surface area contributed by atoms with Gasteiger partial charge in [-0.05, 0) is 37.6 Å². The van der Waals surface area contributed by atoms with Crippen LogP contribution in [0.2, 0.25) is 0 Å². The number of hydrogen-bond donors (Lipinski definition) is 0. The smallest absolute Gasteiger partial charge is 0.283 e. The molecule has 7 heteroatoms. The molecule has 7 nitrogen and oxygen atoms in total. The molecular weight excluding hydrogens is 282 g/mol. The summed E-state index contributed by atoms with van der Waals surface area (Å²) in [5.41, 5.74) is 0. The van der Waals surface area contributed by atoms with Crippen LogP contribution in [0.25, 0.3) is 11.7 Å². The average Bonchev–Trinajstić information content (AvgIpc) is 3.28. The van der Waals surface area contributed by atoms with Crippen LogP contribution in [0.1, 0.15) is 18.7 Å². The highest BCUT2D eigenvalue weighted by molar-refractivity contribution is 5.42. The van der Waals surface area contributed by atoms with E-state index in [0.29, 0.717) is 30.1 Å². The molecule has 3 aromatic heterocycles. The summed E-state index contributed by atoms with van der Waals surface area (Å²) in [7, 11) is 0. The average molecular weight is 299 g/mol. The van der Waals surface area contributed by atoms with Crippen molar-refractivity contribution >= 4 is 0 Å². The highest BCUT2D eigenvalue weighted by atomic mass is 16.4. The first-order valence-electron chi connectivity index (χ1n) is 7.46. The van der Waals surface area contributed by atoms with E-state index in [-0.39, 0.29) is 0 Å². The van der Waals surface area contributed by atoms with Crippen LogP contribution < -0.4 is 0 Å². The molecule has 0 spiro atoms. The number of rotatable bonds is 5. The topological polar surface area (TPSA) is 73.1 Å². The fraction of sp³-hybridized carbons (Fsp3) is 0.400. The van der Waals surface area contributed by atoms with E-state index in [0.717, 1.165) is 13.1 Å². The lowest BCUT2D eigenvalue weighted by atomic mass is 10.2. The Morgan fingerprint density at radius 1 is 1.27 bits per heavy atom. The van der Waals surface area contributed by atoms with Crippen molar-refractivity contribution < 1.29 is 8.83 Å². The fourth-order valence-electron chi connectivity index (χ4n) is 2.93. The number of likely N-dealkylation sites (tertiary alicyclic amines) is 1. The van der Waals surface area contributed by atoms with Gasteiger partial charge in [-0.25, -0.2) is 0 Å². The minimum Gasteiger partial charge on any atom is -0.459 e. The van der Waals surface area contributed by atoms with Crippen LogP contribution in [0.3, 0.4) is 0 Å². The first kappa shape index (κ1) is 13.3. The molecule has 0 aliphatic carbocycles. The molecular formula is C15H17N5O2. The minimum atomic E-state index is 0.433. The molecule has 1 saturated heterocycles. The lowest BCUT2D eigenvalue weighted by Gasteiger charge is -2.22. The summed E-state index contributed by atoms with van der Waals surface area (Å²) in [5.74, 6) is 1.66. The Hall–Kier alpha value is -2.41. The Morgan fingerprint density at radius 3 is 3.09 bits per heavy atom. The van der Waals surface area contributed by atoms with Gasteiger partial charge in [0.2, 0.25) is 5.89 Å². The molecule has 0 radical (unpaired) electrons. The van der Waals surface area contributed by atoms with Gasteiger partial charge in [0.15, 0.2) is 5.76 Å². The second-order valence-electron chi connectivity index (χ2n) is 5.47. The largest absolute Gasteiger partial charge is 0.459 e. The summed E-state index contributed by atoms with van der Waals surface area (Å²) < 4.78 is 12.9. The molecule has 1 atom stereocenters. The van der Waals surface area contributed by atoms with Crippen molar-refractivity contribution in [3.05, 3.63) is 42.7 Å². The normalized spacial score (nSPS) is 19.0. The zero-order valence-electron chi connectivity index (χ0n) is 12.1. The maximum absolute atomic E-state index is 5.69. The molecule has 0 saturated carbocycles. The molecule has 114 valence electrons. The van der Waals surface area contributed by atoms with Gasteiger partial charge in [0.25, 0.3) is 5.89 Å². The molecule has 0 N–H and O–H groups in total. The Bertz CT molecular complexity index is 704. The van der Waals surface area contributed by atoms with Gasteiger partial charge in [-0.1, -0.05) is 0 Å².